The molecule has 86 valence electrons. The van der Waals surface area contributed by atoms with Crippen molar-refractivity contribution in [2.75, 3.05) is 13.6 Å². The summed E-state index contributed by atoms with van der Waals surface area (Å²) in [5.74, 6) is 0.805. The second-order valence-electron chi connectivity index (χ2n) is 6.01. The molecule has 0 bridgehead atoms. The van der Waals surface area contributed by atoms with Crippen molar-refractivity contribution in [3.63, 3.8) is 0 Å². The Hall–Kier alpha value is -0.370. The van der Waals surface area contributed by atoms with Crippen LogP contribution in [-0.4, -0.2) is 30.3 Å². The molecule has 0 saturated heterocycles. The van der Waals surface area contributed by atoms with Crippen LogP contribution in [-0.2, 0) is 4.79 Å². The highest BCUT2D eigenvalue weighted by Crippen LogP contribution is 2.38. The first-order valence-electron chi connectivity index (χ1n) is 6.25. The quantitative estimate of drug-likeness (QED) is 0.711. The van der Waals surface area contributed by atoms with E-state index in [0.29, 0.717) is 11.7 Å². The number of hydrogen-bond acceptors (Lipinski definition) is 2. The molecule has 0 aromatic heterocycles. The van der Waals surface area contributed by atoms with Gasteiger partial charge in [-0.25, -0.2) is 0 Å². The highest BCUT2D eigenvalue weighted by Gasteiger charge is 2.41. The maximum atomic E-state index is 12.1. The highest BCUT2D eigenvalue weighted by molar-refractivity contribution is 5.88. The van der Waals surface area contributed by atoms with E-state index in [4.69, 9.17) is 0 Å². The Bertz CT molecular complexity index is 255. The lowest BCUT2D eigenvalue weighted by molar-refractivity contribution is -0.128. The number of rotatable bonds is 3. The lowest BCUT2D eigenvalue weighted by Gasteiger charge is -2.36. The molecule has 0 aromatic rings. The first kappa shape index (κ1) is 11.1. The molecular weight excluding hydrogens is 186 g/mol. The summed E-state index contributed by atoms with van der Waals surface area (Å²) in [6.07, 6.45) is 6.22. The van der Waals surface area contributed by atoms with Crippen LogP contribution in [0.5, 0.6) is 0 Å². The Morgan fingerprint density at radius 2 is 2.00 bits per heavy atom. The minimum Gasteiger partial charge on any atom is -0.303 e. The van der Waals surface area contributed by atoms with Gasteiger partial charge in [-0.15, -0.1) is 0 Å². The fourth-order valence-electron chi connectivity index (χ4n) is 2.84. The first-order valence-corrected chi connectivity index (χ1v) is 6.25. The molecule has 2 fully saturated rings. The summed E-state index contributed by atoms with van der Waals surface area (Å²) in [5, 5.41) is 0. The molecule has 2 rings (SSSR count). The second-order valence-corrected chi connectivity index (χ2v) is 6.01. The third-order valence-electron chi connectivity index (χ3n) is 4.36. The van der Waals surface area contributed by atoms with Crippen LogP contribution in [0.4, 0.5) is 0 Å². The molecule has 0 aliphatic heterocycles. The minimum absolute atomic E-state index is 0.0505. The minimum atomic E-state index is -0.0505. The molecular formula is C13H23NO. The lowest BCUT2D eigenvalue weighted by Crippen LogP contribution is -2.41. The van der Waals surface area contributed by atoms with Gasteiger partial charge in [0.1, 0.15) is 5.78 Å². The number of carbonyl (C=O) groups is 1. The molecule has 2 saturated carbocycles. The third kappa shape index (κ3) is 2.10. The van der Waals surface area contributed by atoms with E-state index in [1.54, 1.807) is 0 Å². The second kappa shape index (κ2) is 3.89. The molecule has 0 spiro atoms. The zero-order chi connectivity index (χ0) is 11.1. The average Bonchev–Trinajstić information content (AvgIpc) is 2.29. The van der Waals surface area contributed by atoms with E-state index in [9.17, 15) is 4.79 Å². The van der Waals surface area contributed by atoms with Crippen molar-refractivity contribution in [3.05, 3.63) is 0 Å². The Balaban J connectivity index is 1.87. The summed E-state index contributed by atoms with van der Waals surface area (Å²) in [6, 6.07) is 0.765. The Morgan fingerprint density at radius 1 is 1.33 bits per heavy atom. The van der Waals surface area contributed by atoms with Crippen LogP contribution in [0.1, 0.15) is 46.0 Å². The zero-order valence-electron chi connectivity index (χ0n) is 10.3. The maximum Gasteiger partial charge on any atom is 0.142 e. The lowest BCUT2D eigenvalue weighted by atomic mass is 9.88. The fourth-order valence-corrected chi connectivity index (χ4v) is 2.84. The van der Waals surface area contributed by atoms with Crippen molar-refractivity contribution in [3.8, 4) is 0 Å². The van der Waals surface area contributed by atoms with Crippen LogP contribution in [0.25, 0.3) is 0 Å². The van der Waals surface area contributed by atoms with Gasteiger partial charge in [0.15, 0.2) is 0 Å². The molecule has 0 N–H and O–H groups in total. The van der Waals surface area contributed by atoms with Crippen LogP contribution in [0, 0.1) is 11.3 Å². The van der Waals surface area contributed by atoms with Gasteiger partial charge in [-0.3, -0.25) is 4.79 Å². The maximum absolute atomic E-state index is 12.1. The van der Waals surface area contributed by atoms with Crippen LogP contribution in [0.2, 0.25) is 0 Å². The van der Waals surface area contributed by atoms with E-state index >= 15 is 0 Å². The van der Waals surface area contributed by atoms with Crippen LogP contribution >= 0.6 is 0 Å². The molecule has 0 heterocycles. The smallest absolute Gasteiger partial charge is 0.142 e. The van der Waals surface area contributed by atoms with Crippen LogP contribution in [0.3, 0.4) is 0 Å². The Kier molecular flexibility index (Phi) is 2.89. The Morgan fingerprint density at radius 3 is 2.40 bits per heavy atom. The van der Waals surface area contributed by atoms with Gasteiger partial charge in [-0.1, -0.05) is 20.3 Å². The molecule has 1 unspecified atom stereocenters. The van der Waals surface area contributed by atoms with Crippen molar-refractivity contribution in [1.29, 1.82) is 0 Å². The highest BCUT2D eigenvalue weighted by atomic mass is 16.1. The normalized spacial score (nSPS) is 30.9. The summed E-state index contributed by atoms with van der Waals surface area (Å²) in [4.78, 5) is 14.5. The predicted octanol–water partition coefficient (Wildman–Crippen LogP) is 2.48. The van der Waals surface area contributed by atoms with Gasteiger partial charge < -0.3 is 4.90 Å². The van der Waals surface area contributed by atoms with E-state index in [1.165, 1.54) is 19.3 Å². The van der Waals surface area contributed by atoms with E-state index < -0.39 is 0 Å². The van der Waals surface area contributed by atoms with Gasteiger partial charge in [0.05, 0.1) is 0 Å². The van der Waals surface area contributed by atoms with Gasteiger partial charge >= 0.3 is 0 Å². The van der Waals surface area contributed by atoms with Crippen molar-refractivity contribution >= 4 is 5.78 Å². The van der Waals surface area contributed by atoms with Crippen LogP contribution in [0.15, 0.2) is 0 Å². The third-order valence-corrected chi connectivity index (χ3v) is 4.36. The van der Waals surface area contributed by atoms with Gasteiger partial charge in [0.25, 0.3) is 0 Å². The van der Waals surface area contributed by atoms with E-state index in [2.05, 4.69) is 25.8 Å². The fraction of sp³-hybridized carbons (Fsp3) is 0.923. The molecule has 2 nitrogen and oxygen atoms in total. The SMILES string of the molecule is CN(CC1CCC(C)(C)C1=O)C1CCC1. The number of Topliss-reactive ketones (excluding diaryl/α,β-unsaturated/α-hetero) is 1. The zero-order valence-corrected chi connectivity index (χ0v) is 10.3. The average molecular weight is 209 g/mol. The summed E-state index contributed by atoms with van der Waals surface area (Å²) >= 11 is 0. The predicted molar refractivity (Wildman–Crippen MR) is 61.8 cm³/mol. The van der Waals surface area contributed by atoms with Crippen molar-refractivity contribution in [2.24, 2.45) is 11.3 Å². The van der Waals surface area contributed by atoms with Crippen molar-refractivity contribution in [1.82, 2.24) is 4.90 Å². The van der Waals surface area contributed by atoms with Crippen molar-refractivity contribution < 1.29 is 4.79 Å². The molecule has 0 amide bonds. The van der Waals surface area contributed by atoms with Gasteiger partial charge in [0.2, 0.25) is 0 Å². The number of ketones is 1. The number of carbonyl (C=O) groups excluding carboxylic acids is 1. The molecule has 15 heavy (non-hydrogen) atoms. The Labute approximate surface area is 93.0 Å². The van der Waals surface area contributed by atoms with Crippen LogP contribution < -0.4 is 0 Å². The van der Waals surface area contributed by atoms with Gasteiger partial charge in [-0.2, -0.15) is 0 Å². The summed E-state index contributed by atoms with van der Waals surface area (Å²) in [6.45, 7) is 5.18. The summed E-state index contributed by atoms with van der Waals surface area (Å²) in [7, 11) is 2.18. The number of hydrogen-bond donors (Lipinski definition) is 0. The topological polar surface area (TPSA) is 20.3 Å². The standard InChI is InChI=1S/C13H23NO/c1-13(2)8-7-10(12(13)15)9-14(3)11-5-4-6-11/h10-11H,4-9H2,1-3H3. The summed E-state index contributed by atoms with van der Waals surface area (Å²) in [5.41, 5.74) is -0.0505. The molecule has 0 aromatic carbocycles. The monoisotopic (exact) mass is 209 g/mol. The first-order chi connectivity index (χ1) is 7.00. The molecule has 2 aliphatic carbocycles. The van der Waals surface area contributed by atoms with E-state index in [1.807, 2.05) is 0 Å². The van der Waals surface area contributed by atoms with Gasteiger partial charge in [-0.05, 0) is 32.7 Å². The summed E-state index contributed by atoms with van der Waals surface area (Å²) < 4.78 is 0. The van der Waals surface area contributed by atoms with E-state index in [0.717, 1.165) is 25.4 Å². The van der Waals surface area contributed by atoms with E-state index in [-0.39, 0.29) is 5.41 Å². The molecule has 2 heteroatoms. The molecule has 0 radical (unpaired) electrons. The molecule has 2 aliphatic rings. The molecule has 1 atom stereocenters. The van der Waals surface area contributed by atoms with Gasteiger partial charge in [0, 0.05) is 23.9 Å². The largest absolute Gasteiger partial charge is 0.303 e. The van der Waals surface area contributed by atoms with Crippen molar-refractivity contribution in [2.45, 2.75) is 52.0 Å². The number of nitrogens with zero attached hydrogens (tertiary/aromatic N) is 1.